The lowest BCUT2D eigenvalue weighted by atomic mass is 10.1. The van der Waals surface area contributed by atoms with Crippen LogP contribution in [0.5, 0.6) is 0 Å². The monoisotopic (exact) mass is 209 g/mol. The van der Waals surface area contributed by atoms with Crippen LogP contribution in [-0.2, 0) is 17.8 Å². The third-order valence-corrected chi connectivity index (χ3v) is 2.06. The normalized spacial score (nSPS) is 11.8. The van der Waals surface area contributed by atoms with Crippen LogP contribution < -0.4 is 5.73 Å². The molecule has 0 radical (unpaired) electrons. The van der Waals surface area contributed by atoms with Crippen molar-refractivity contribution in [3.8, 4) is 0 Å². The molecule has 0 heterocycles. The molecule has 15 heavy (non-hydrogen) atoms. The topological polar surface area (TPSA) is 35.2 Å². The van der Waals surface area contributed by atoms with Gasteiger partial charge in [0.1, 0.15) is 5.83 Å². The van der Waals surface area contributed by atoms with E-state index in [0.29, 0.717) is 13.0 Å². The van der Waals surface area contributed by atoms with Crippen LogP contribution in [0.3, 0.4) is 0 Å². The van der Waals surface area contributed by atoms with Gasteiger partial charge in [0.05, 0.1) is 6.61 Å². The molecule has 82 valence electrons. The molecule has 0 aromatic heterocycles. The van der Waals surface area contributed by atoms with Gasteiger partial charge < -0.3 is 10.5 Å². The zero-order valence-corrected chi connectivity index (χ0v) is 8.87. The van der Waals surface area contributed by atoms with Gasteiger partial charge in [-0.15, -0.1) is 0 Å². The molecule has 0 atom stereocenters. The molecule has 1 rings (SSSR count). The average Bonchev–Trinajstić information content (AvgIpc) is 2.27. The molecule has 0 amide bonds. The number of methoxy groups -OCH3 is 1. The Balaban J connectivity index is 2.65. The Morgan fingerprint density at radius 1 is 1.47 bits per heavy atom. The van der Waals surface area contributed by atoms with Crippen LogP contribution in [0.15, 0.2) is 36.2 Å². The number of hydrogen-bond donors (Lipinski definition) is 1. The second-order valence-electron chi connectivity index (χ2n) is 3.31. The minimum absolute atomic E-state index is 0.0300. The van der Waals surface area contributed by atoms with E-state index in [1.165, 1.54) is 6.08 Å². The fraction of sp³-hybridized carbons (Fsp3) is 0.333. The second-order valence-corrected chi connectivity index (χ2v) is 3.31. The first-order chi connectivity index (χ1) is 7.26. The van der Waals surface area contributed by atoms with Crippen LogP contribution >= 0.6 is 0 Å². The Bertz CT molecular complexity index is 336. The van der Waals surface area contributed by atoms with Crippen LogP contribution in [0.25, 0.3) is 0 Å². The fourth-order valence-electron chi connectivity index (χ4n) is 1.33. The maximum absolute atomic E-state index is 12.8. The van der Waals surface area contributed by atoms with E-state index in [1.807, 2.05) is 24.3 Å². The van der Waals surface area contributed by atoms with Crippen LogP contribution in [-0.4, -0.2) is 13.7 Å². The highest BCUT2D eigenvalue weighted by atomic mass is 19.1. The summed E-state index contributed by atoms with van der Waals surface area (Å²) in [5.74, 6) is -0.271. The molecule has 0 fully saturated rings. The summed E-state index contributed by atoms with van der Waals surface area (Å²) in [6.07, 6.45) is 2.08. The lowest BCUT2D eigenvalue weighted by molar-refractivity contribution is 0.185. The zero-order valence-electron chi connectivity index (χ0n) is 8.87. The molecule has 0 saturated heterocycles. The van der Waals surface area contributed by atoms with Crippen molar-refractivity contribution >= 4 is 0 Å². The molecule has 2 nitrogen and oxygen atoms in total. The van der Waals surface area contributed by atoms with Gasteiger partial charge in [0.2, 0.25) is 0 Å². The van der Waals surface area contributed by atoms with Crippen molar-refractivity contribution in [1.29, 1.82) is 0 Å². The van der Waals surface area contributed by atoms with Crippen LogP contribution in [0.1, 0.15) is 11.1 Å². The first-order valence-electron chi connectivity index (χ1n) is 4.87. The Morgan fingerprint density at radius 2 is 2.20 bits per heavy atom. The first-order valence-corrected chi connectivity index (χ1v) is 4.87. The van der Waals surface area contributed by atoms with Crippen molar-refractivity contribution < 1.29 is 9.13 Å². The highest BCUT2D eigenvalue weighted by Gasteiger charge is 1.95. The maximum Gasteiger partial charge on any atom is 0.110 e. The van der Waals surface area contributed by atoms with Gasteiger partial charge in [-0.3, -0.25) is 0 Å². The number of benzene rings is 1. The van der Waals surface area contributed by atoms with Gasteiger partial charge in [-0.25, -0.2) is 4.39 Å². The highest BCUT2D eigenvalue weighted by molar-refractivity contribution is 5.25. The number of rotatable bonds is 5. The Morgan fingerprint density at radius 3 is 2.87 bits per heavy atom. The van der Waals surface area contributed by atoms with Gasteiger partial charge in [0.15, 0.2) is 0 Å². The standard InChI is InChI=1S/C12H16FNO/c1-15-9-11-4-2-3-10(7-11)5-6-12(13)8-14/h2-4,6-7H,5,8-9,14H2,1H3. The van der Waals surface area contributed by atoms with Gasteiger partial charge in [-0.2, -0.15) is 0 Å². The van der Waals surface area contributed by atoms with Crippen LogP contribution in [0.4, 0.5) is 4.39 Å². The summed E-state index contributed by atoms with van der Waals surface area (Å²) in [5.41, 5.74) is 7.31. The molecule has 1 aromatic carbocycles. The van der Waals surface area contributed by atoms with Gasteiger partial charge in [-0.05, 0) is 23.6 Å². The third-order valence-electron chi connectivity index (χ3n) is 2.06. The zero-order chi connectivity index (χ0) is 11.1. The molecule has 0 unspecified atom stereocenters. The minimum Gasteiger partial charge on any atom is -0.380 e. The van der Waals surface area contributed by atoms with E-state index in [1.54, 1.807) is 7.11 Å². The van der Waals surface area contributed by atoms with Crippen molar-refractivity contribution in [2.24, 2.45) is 5.73 Å². The number of hydrogen-bond acceptors (Lipinski definition) is 2. The molecule has 0 aliphatic heterocycles. The largest absolute Gasteiger partial charge is 0.380 e. The third kappa shape index (κ3) is 4.23. The van der Waals surface area contributed by atoms with E-state index < -0.39 is 0 Å². The molecule has 0 aliphatic rings. The molecule has 2 N–H and O–H groups in total. The second kappa shape index (κ2) is 6.32. The van der Waals surface area contributed by atoms with Crippen molar-refractivity contribution in [1.82, 2.24) is 0 Å². The summed E-state index contributed by atoms with van der Waals surface area (Å²) in [4.78, 5) is 0. The average molecular weight is 209 g/mol. The minimum atomic E-state index is -0.271. The van der Waals surface area contributed by atoms with E-state index in [4.69, 9.17) is 10.5 Å². The van der Waals surface area contributed by atoms with Gasteiger partial charge in [0.25, 0.3) is 0 Å². The molecular weight excluding hydrogens is 193 g/mol. The van der Waals surface area contributed by atoms with Gasteiger partial charge in [0, 0.05) is 13.7 Å². The first kappa shape index (κ1) is 11.9. The molecular formula is C12H16FNO. The quantitative estimate of drug-likeness (QED) is 0.806. The van der Waals surface area contributed by atoms with E-state index in [9.17, 15) is 4.39 Å². The van der Waals surface area contributed by atoms with Gasteiger partial charge in [-0.1, -0.05) is 24.3 Å². The smallest absolute Gasteiger partial charge is 0.110 e. The van der Waals surface area contributed by atoms with E-state index >= 15 is 0 Å². The predicted molar refractivity (Wildman–Crippen MR) is 59.1 cm³/mol. The van der Waals surface area contributed by atoms with Crippen molar-refractivity contribution in [2.75, 3.05) is 13.7 Å². The predicted octanol–water partition coefficient (Wildman–Crippen LogP) is 2.19. The molecule has 0 spiro atoms. The number of ether oxygens (including phenoxy) is 1. The number of nitrogens with two attached hydrogens (primary N) is 1. The maximum atomic E-state index is 12.8. The lowest BCUT2D eigenvalue weighted by Crippen LogP contribution is -1.99. The molecule has 0 bridgehead atoms. The summed E-state index contributed by atoms with van der Waals surface area (Å²) < 4.78 is 17.8. The Hall–Kier alpha value is -1.19. The summed E-state index contributed by atoms with van der Waals surface area (Å²) >= 11 is 0. The lowest BCUT2D eigenvalue weighted by Gasteiger charge is -2.02. The summed E-state index contributed by atoms with van der Waals surface area (Å²) in [6.45, 7) is 0.550. The van der Waals surface area contributed by atoms with E-state index in [2.05, 4.69) is 0 Å². The van der Waals surface area contributed by atoms with Crippen molar-refractivity contribution in [2.45, 2.75) is 13.0 Å². The van der Waals surface area contributed by atoms with E-state index in [-0.39, 0.29) is 12.4 Å². The number of allylic oxidation sites excluding steroid dienone is 1. The SMILES string of the molecule is COCc1cccc(CC=C(F)CN)c1. The van der Waals surface area contributed by atoms with E-state index in [0.717, 1.165) is 11.1 Å². The van der Waals surface area contributed by atoms with Crippen molar-refractivity contribution in [3.63, 3.8) is 0 Å². The molecule has 3 heteroatoms. The van der Waals surface area contributed by atoms with Crippen molar-refractivity contribution in [3.05, 3.63) is 47.3 Å². The summed E-state index contributed by atoms with van der Waals surface area (Å²) in [7, 11) is 1.65. The Labute approximate surface area is 89.6 Å². The van der Waals surface area contributed by atoms with Gasteiger partial charge >= 0.3 is 0 Å². The van der Waals surface area contributed by atoms with Crippen LogP contribution in [0, 0.1) is 0 Å². The fourth-order valence-corrected chi connectivity index (χ4v) is 1.33. The summed E-state index contributed by atoms with van der Waals surface area (Å²) in [6, 6.07) is 7.89. The van der Waals surface area contributed by atoms with Crippen LogP contribution in [0.2, 0.25) is 0 Å². The molecule has 1 aromatic rings. The molecule has 0 aliphatic carbocycles. The highest BCUT2D eigenvalue weighted by Crippen LogP contribution is 2.08. The number of halogens is 1. The molecule has 0 saturated carbocycles. The Kier molecular flexibility index (Phi) is 5.01. The summed E-state index contributed by atoms with van der Waals surface area (Å²) in [5, 5.41) is 0.